The summed E-state index contributed by atoms with van der Waals surface area (Å²) in [5, 5.41) is 0. The monoisotopic (exact) mass is 409 g/mol. The predicted octanol–water partition coefficient (Wildman–Crippen LogP) is 2.01. The van der Waals surface area contributed by atoms with Crippen molar-refractivity contribution in [2.24, 2.45) is 0 Å². The maximum atomic E-state index is 12.7. The number of amides is 2. The fourth-order valence-electron chi connectivity index (χ4n) is 3.95. The normalized spacial score (nSPS) is 17.8. The number of sulfonamides is 1. The molecule has 0 aromatic heterocycles. The molecule has 0 radical (unpaired) electrons. The third kappa shape index (κ3) is 5.04. The Kier molecular flexibility index (Phi) is 6.95. The van der Waals surface area contributed by atoms with E-state index in [1.165, 1.54) is 16.9 Å². The Bertz CT molecular complexity index is 789. The molecule has 1 aliphatic carbocycles. The topological polar surface area (TPSA) is 79.0 Å². The Morgan fingerprint density at radius 2 is 1.82 bits per heavy atom. The van der Waals surface area contributed by atoms with Crippen LogP contribution < -0.4 is 4.72 Å². The zero-order valence-corrected chi connectivity index (χ0v) is 17.6. The van der Waals surface area contributed by atoms with Crippen LogP contribution in [0.25, 0.3) is 0 Å². The molecule has 1 aromatic carbocycles. The number of nitrogens with one attached hydrogen (secondary N) is 1. The first-order valence-electron chi connectivity index (χ1n) is 10.1. The van der Waals surface area contributed by atoms with E-state index in [4.69, 9.17) is 4.74 Å². The van der Waals surface area contributed by atoms with Gasteiger partial charge in [0.1, 0.15) is 0 Å². The zero-order chi connectivity index (χ0) is 20.1. The number of ether oxygens (including phenoxy) is 1. The van der Waals surface area contributed by atoms with Gasteiger partial charge in [0.25, 0.3) is 0 Å². The Morgan fingerprint density at radius 3 is 2.50 bits per heavy atom. The van der Waals surface area contributed by atoms with Crippen molar-refractivity contribution < 1.29 is 17.9 Å². The van der Waals surface area contributed by atoms with Crippen molar-refractivity contribution in [2.75, 3.05) is 40.4 Å². The predicted molar refractivity (Wildman–Crippen MR) is 108 cm³/mol. The van der Waals surface area contributed by atoms with Crippen molar-refractivity contribution in [3.8, 4) is 0 Å². The molecule has 0 spiro atoms. The van der Waals surface area contributed by atoms with Crippen LogP contribution in [0.3, 0.4) is 0 Å². The fourth-order valence-corrected chi connectivity index (χ4v) is 5.02. The molecule has 156 valence electrons. The fraction of sp³-hybridized carbons (Fsp3) is 0.650. The number of hydrogen-bond donors (Lipinski definition) is 1. The van der Waals surface area contributed by atoms with Crippen molar-refractivity contribution in [3.63, 3.8) is 0 Å². The molecule has 0 atom stereocenters. The Hall–Kier alpha value is -1.64. The van der Waals surface area contributed by atoms with Gasteiger partial charge in [0, 0.05) is 46.4 Å². The summed E-state index contributed by atoms with van der Waals surface area (Å²) in [5.41, 5.74) is 2.40. The molecule has 28 heavy (non-hydrogen) atoms. The van der Waals surface area contributed by atoms with Crippen molar-refractivity contribution >= 4 is 16.1 Å². The molecule has 2 amide bonds. The molecule has 1 aliphatic heterocycles. The molecule has 0 bridgehead atoms. The molecule has 0 saturated carbocycles. The largest absolute Gasteiger partial charge is 0.381 e. The van der Waals surface area contributed by atoms with E-state index in [0.717, 1.165) is 37.7 Å². The van der Waals surface area contributed by atoms with Crippen molar-refractivity contribution in [1.82, 2.24) is 14.5 Å². The van der Waals surface area contributed by atoms with Gasteiger partial charge in [0.2, 0.25) is 10.0 Å². The van der Waals surface area contributed by atoms with E-state index in [1.807, 2.05) is 6.07 Å². The molecular weight excluding hydrogens is 378 g/mol. The van der Waals surface area contributed by atoms with Gasteiger partial charge >= 0.3 is 6.03 Å². The van der Waals surface area contributed by atoms with Crippen LogP contribution in [-0.2, 0) is 27.6 Å². The molecule has 7 nitrogen and oxygen atoms in total. The van der Waals surface area contributed by atoms with Gasteiger partial charge in [-0.3, -0.25) is 0 Å². The van der Waals surface area contributed by atoms with Crippen LogP contribution in [-0.4, -0.2) is 70.7 Å². The Morgan fingerprint density at radius 1 is 1.14 bits per heavy atom. The van der Waals surface area contributed by atoms with Gasteiger partial charge in [0.15, 0.2) is 0 Å². The SMILES string of the molecule is CN(C)C(=O)N(CCNS(=O)(=O)c1ccc2c(c1)CCCC2)C1CCOCC1. The minimum Gasteiger partial charge on any atom is -0.381 e. The number of hydrogen-bond acceptors (Lipinski definition) is 4. The lowest BCUT2D eigenvalue weighted by Gasteiger charge is -2.36. The average molecular weight is 410 g/mol. The van der Waals surface area contributed by atoms with E-state index >= 15 is 0 Å². The first-order valence-corrected chi connectivity index (χ1v) is 11.5. The summed E-state index contributed by atoms with van der Waals surface area (Å²) < 4.78 is 33.5. The lowest BCUT2D eigenvalue weighted by atomic mass is 9.92. The van der Waals surface area contributed by atoms with Crippen LogP contribution in [0.15, 0.2) is 23.1 Å². The second kappa shape index (κ2) is 9.24. The van der Waals surface area contributed by atoms with E-state index in [0.29, 0.717) is 24.7 Å². The van der Waals surface area contributed by atoms with E-state index < -0.39 is 10.0 Å². The average Bonchev–Trinajstić information content (AvgIpc) is 2.71. The van der Waals surface area contributed by atoms with Gasteiger partial charge in [-0.15, -0.1) is 0 Å². The molecule has 1 N–H and O–H groups in total. The summed E-state index contributed by atoms with van der Waals surface area (Å²) in [6.07, 6.45) is 5.79. The van der Waals surface area contributed by atoms with Crippen LogP contribution in [0, 0.1) is 0 Å². The zero-order valence-electron chi connectivity index (χ0n) is 16.8. The van der Waals surface area contributed by atoms with E-state index in [9.17, 15) is 13.2 Å². The number of aryl methyl sites for hydroxylation is 2. The Labute approximate surface area is 168 Å². The maximum Gasteiger partial charge on any atom is 0.319 e. The highest BCUT2D eigenvalue weighted by Gasteiger charge is 2.27. The molecule has 2 aliphatic rings. The van der Waals surface area contributed by atoms with Gasteiger partial charge in [-0.2, -0.15) is 0 Å². The van der Waals surface area contributed by atoms with Crippen LogP contribution in [0.1, 0.15) is 36.8 Å². The summed E-state index contributed by atoms with van der Waals surface area (Å²) >= 11 is 0. The second-order valence-electron chi connectivity index (χ2n) is 7.75. The standard InChI is InChI=1S/C20H31N3O4S/c1-22(2)20(24)23(18-9-13-27-14-10-18)12-11-21-28(25,26)19-8-7-16-5-3-4-6-17(16)15-19/h7-8,15,18,21H,3-6,9-14H2,1-2H3. The van der Waals surface area contributed by atoms with Gasteiger partial charge in [0.05, 0.1) is 4.90 Å². The summed E-state index contributed by atoms with van der Waals surface area (Å²) in [7, 11) is -0.164. The minimum atomic E-state index is -3.59. The minimum absolute atomic E-state index is 0.0805. The number of benzene rings is 1. The van der Waals surface area contributed by atoms with E-state index in [-0.39, 0.29) is 18.6 Å². The first-order chi connectivity index (χ1) is 13.4. The molecule has 1 fully saturated rings. The molecule has 1 saturated heterocycles. The number of nitrogens with zero attached hydrogens (tertiary/aromatic N) is 2. The number of rotatable bonds is 6. The Balaban J connectivity index is 1.64. The molecule has 3 rings (SSSR count). The molecule has 1 heterocycles. The molecular formula is C20H31N3O4S. The number of fused-ring (bicyclic) bond motifs is 1. The van der Waals surface area contributed by atoms with Crippen molar-refractivity contribution in [3.05, 3.63) is 29.3 Å². The van der Waals surface area contributed by atoms with Gasteiger partial charge < -0.3 is 14.5 Å². The number of carbonyl (C=O) groups excluding carboxylic acids is 1. The van der Waals surface area contributed by atoms with Gasteiger partial charge in [-0.25, -0.2) is 17.9 Å². The van der Waals surface area contributed by atoms with Crippen molar-refractivity contribution in [1.29, 1.82) is 0 Å². The third-order valence-corrected chi connectivity index (χ3v) is 6.99. The highest BCUT2D eigenvalue weighted by atomic mass is 32.2. The van der Waals surface area contributed by atoms with Crippen LogP contribution >= 0.6 is 0 Å². The highest BCUT2D eigenvalue weighted by Crippen LogP contribution is 2.24. The van der Waals surface area contributed by atoms with E-state index in [1.54, 1.807) is 31.1 Å². The van der Waals surface area contributed by atoms with Gasteiger partial charge in [-0.05, 0) is 61.8 Å². The molecule has 1 aromatic rings. The number of carbonyl (C=O) groups is 1. The van der Waals surface area contributed by atoms with Crippen LogP contribution in [0.2, 0.25) is 0 Å². The maximum absolute atomic E-state index is 12.7. The summed E-state index contributed by atoms with van der Waals surface area (Å²) in [4.78, 5) is 16.2. The van der Waals surface area contributed by atoms with E-state index in [2.05, 4.69) is 4.72 Å². The van der Waals surface area contributed by atoms with Crippen molar-refractivity contribution in [2.45, 2.75) is 49.5 Å². The van der Waals surface area contributed by atoms with Crippen LogP contribution in [0.5, 0.6) is 0 Å². The van der Waals surface area contributed by atoms with Gasteiger partial charge in [-0.1, -0.05) is 6.07 Å². The second-order valence-corrected chi connectivity index (χ2v) is 9.52. The summed E-state index contributed by atoms with van der Waals surface area (Å²) in [6, 6.07) is 5.41. The first kappa shape index (κ1) is 21.1. The van der Waals surface area contributed by atoms with Crippen LogP contribution in [0.4, 0.5) is 4.79 Å². The molecule has 8 heteroatoms. The third-order valence-electron chi connectivity index (χ3n) is 5.53. The lowest BCUT2D eigenvalue weighted by Crippen LogP contribution is -2.50. The highest BCUT2D eigenvalue weighted by molar-refractivity contribution is 7.89. The summed E-state index contributed by atoms with van der Waals surface area (Å²) in [6.45, 7) is 1.79. The summed E-state index contributed by atoms with van der Waals surface area (Å²) in [5.74, 6) is 0. The quantitative estimate of drug-likeness (QED) is 0.780. The number of urea groups is 1. The molecule has 0 unspecified atom stereocenters. The lowest BCUT2D eigenvalue weighted by molar-refractivity contribution is 0.0421. The smallest absolute Gasteiger partial charge is 0.319 e.